The Balaban J connectivity index is 1.53. The molecule has 0 aliphatic rings. The average molecular weight is 430 g/mol. The summed E-state index contributed by atoms with van der Waals surface area (Å²) in [5, 5.41) is 4.77. The topological polar surface area (TPSA) is 125 Å². The number of nitrogens with one attached hydrogen (secondary N) is 4. The van der Waals surface area contributed by atoms with Crippen LogP contribution in [-0.4, -0.2) is 38.1 Å². The molecule has 0 spiro atoms. The molecule has 0 aliphatic carbocycles. The molecule has 0 saturated carbocycles. The second kappa shape index (κ2) is 7.82. The fourth-order valence-corrected chi connectivity index (χ4v) is 2.79. The van der Waals surface area contributed by atoms with E-state index in [9.17, 15) is 22.8 Å². The highest BCUT2D eigenvalue weighted by molar-refractivity contribution is 6.13. The van der Waals surface area contributed by atoms with Gasteiger partial charge in [0.05, 0.1) is 23.0 Å². The summed E-state index contributed by atoms with van der Waals surface area (Å²) in [6.45, 7) is 0. The lowest BCUT2D eigenvalue weighted by atomic mass is 10.2. The van der Waals surface area contributed by atoms with Crippen molar-refractivity contribution in [2.75, 3.05) is 10.6 Å². The van der Waals surface area contributed by atoms with Gasteiger partial charge in [-0.1, -0.05) is 24.3 Å². The average Bonchev–Trinajstić information content (AvgIpc) is 3.34. The molecule has 2 heterocycles. The van der Waals surface area contributed by atoms with E-state index >= 15 is 0 Å². The summed E-state index contributed by atoms with van der Waals surface area (Å²) in [6.07, 6.45) is -3.83. The number of fused-ring (bicyclic) bond motifs is 1. The molecule has 0 aliphatic heterocycles. The van der Waals surface area contributed by atoms with E-state index in [0.29, 0.717) is 11.0 Å². The number of nitrogens with zero attached hydrogens (tertiary/aromatic N) is 2. The molecule has 2 aromatic carbocycles. The Morgan fingerprint density at radius 2 is 1.71 bits per heavy atom. The van der Waals surface area contributed by atoms with Crippen molar-refractivity contribution in [3.05, 3.63) is 66.2 Å². The Kier molecular flexibility index (Phi) is 5.03. The number of para-hydroxylation sites is 4. The molecule has 4 N–H and O–H groups in total. The number of ether oxygens (including phenoxy) is 1. The predicted octanol–water partition coefficient (Wildman–Crippen LogP) is 3.69. The molecule has 0 saturated heterocycles. The summed E-state index contributed by atoms with van der Waals surface area (Å²) in [7, 11) is 0. The Bertz CT molecular complexity index is 1230. The van der Waals surface area contributed by atoms with Crippen LogP contribution in [0.1, 0.15) is 21.0 Å². The zero-order valence-electron chi connectivity index (χ0n) is 15.4. The highest BCUT2D eigenvalue weighted by atomic mass is 19.4. The van der Waals surface area contributed by atoms with Gasteiger partial charge in [-0.15, -0.1) is 13.2 Å². The molecule has 0 fully saturated rings. The van der Waals surface area contributed by atoms with Crippen molar-refractivity contribution in [3.63, 3.8) is 0 Å². The second-order valence-electron chi connectivity index (χ2n) is 6.18. The fraction of sp³-hybridized carbons (Fsp3) is 0.0526. The van der Waals surface area contributed by atoms with Gasteiger partial charge in [0.15, 0.2) is 11.4 Å². The minimum Gasteiger partial charge on any atom is -0.404 e. The largest absolute Gasteiger partial charge is 0.573 e. The van der Waals surface area contributed by atoms with Gasteiger partial charge in [-0.2, -0.15) is 0 Å². The summed E-state index contributed by atoms with van der Waals surface area (Å²) in [4.78, 5) is 38.6. The number of anilines is 2. The molecule has 31 heavy (non-hydrogen) atoms. The van der Waals surface area contributed by atoms with E-state index in [1.165, 1.54) is 18.2 Å². The van der Waals surface area contributed by atoms with Gasteiger partial charge >= 0.3 is 6.36 Å². The van der Waals surface area contributed by atoms with Crippen molar-refractivity contribution in [1.29, 1.82) is 0 Å². The second-order valence-corrected chi connectivity index (χ2v) is 6.18. The summed E-state index contributed by atoms with van der Waals surface area (Å²) in [5.74, 6) is -2.08. The zero-order valence-corrected chi connectivity index (χ0v) is 15.4. The first-order chi connectivity index (χ1) is 14.8. The number of alkyl halides is 3. The Hall–Kier alpha value is -4.35. The molecule has 4 rings (SSSR count). The summed E-state index contributed by atoms with van der Waals surface area (Å²) < 4.78 is 41.6. The van der Waals surface area contributed by atoms with E-state index in [0.717, 1.165) is 12.4 Å². The normalized spacial score (nSPS) is 11.3. The zero-order chi connectivity index (χ0) is 22.0. The van der Waals surface area contributed by atoms with E-state index in [2.05, 4.69) is 35.3 Å². The Labute approximate surface area is 171 Å². The van der Waals surface area contributed by atoms with Crippen LogP contribution < -0.4 is 15.4 Å². The molecule has 9 nitrogen and oxygen atoms in total. The number of aromatic amines is 2. The first-order valence-corrected chi connectivity index (χ1v) is 8.76. The SMILES string of the molecule is O=C(Nc1ccccc1OC(F)(F)F)c1nc[nH]c1C(=O)Nc1nc2ccccc2[nH]1. The molecule has 2 amide bonds. The van der Waals surface area contributed by atoms with Crippen LogP contribution in [0.3, 0.4) is 0 Å². The molecular formula is C19H13F3N6O3. The third-order valence-electron chi connectivity index (χ3n) is 4.06. The quantitative estimate of drug-likeness (QED) is 0.384. The van der Waals surface area contributed by atoms with Gasteiger partial charge in [-0.3, -0.25) is 14.9 Å². The van der Waals surface area contributed by atoms with Crippen LogP contribution in [-0.2, 0) is 0 Å². The van der Waals surface area contributed by atoms with E-state index in [1.54, 1.807) is 24.3 Å². The number of imidazole rings is 2. The lowest BCUT2D eigenvalue weighted by molar-refractivity contribution is -0.274. The molecule has 0 bridgehead atoms. The first kappa shape index (κ1) is 19.9. The molecule has 12 heteroatoms. The van der Waals surface area contributed by atoms with Crippen LogP contribution in [0.25, 0.3) is 11.0 Å². The number of amides is 2. The number of H-pyrrole nitrogens is 2. The molecule has 2 aromatic heterocycles. The van der Waals surface area contributed by atoms with Gasteiger partial charge < -0.3 is 20.0 Å². The lowest BCUT2D eigenvalue weighted by Crippen LogP contribution is -2.22. The maximum Gasteiger partial charge on any atom is 0.573 e. The van der Waals surface area contributed by atoms with Crippen LogP contribution in [0.2, 0.25) is 0 Å². The van der Waals surface area contributed by atoms with Crippen molar-refractivity contribution in [1.82, 2.24) is 19.9 Å². The van der Waals surface area contributed by atoms with E-state index in [-0.39, 0.29) is 23.0 Å². The molecule has 0 radical (unpaired) electrons. The first-order valence-electron chi connectivity index (χ1n) is 8.76. The number of hydrogen-bond donors (Lipinski definition) is 4. The minimum absolute atomic E-state index is 0.149. The van der Waals surface area contributed by atoms with Gasteiger partial charge in [0.2, 0.25) is 5.95 Å². The third-order valence-corrected chi connectivity index (χ3v) is 4.06. The van der Waals surface area contributed by atoms with Crippen molar-refractivity contribution in [2.24, 2.45) is 0 Å². The van der Waals surface area contributed by atoms with Crippen LogP contribution in [0, 0.1) is 0 Å². The van der Waals surface area contributed by atoms with Gasteiger partial charge in [0.25, 0.3) is 11.8 Å². The van der Waals surface area contributed by atoms with E-state index < -0.39 is 23.9 Å². The van der Waals surface area contributed by atoms with E-state index in [4.69, 9.17) is 0 Å². The maximum atomic E-state index is 12.6. The van der Waals surface area contributed by atoms with Gasteiger partial charge in [-0.05, 0) is 24.3 Å². The number of aromatic nitrogens is 4. The lowest BCUT2D eigenvalue weighted by Gasteiger charge is -2.13. The van der Waals surface area contributed by atoms with Crippen molar-refractivity contribution in [3.8, 4) is 5.75 Å². The van der Waals surface area contributed by atoms with Crippen molar-refractivity contribution in [2.45, 2.75) is 6.36 Å². The number of rotatable bonds is 5. The number of halogens is 3. The minimum atomic E-state index is -4.94. The number of hydrogen-bond acceptors (Lipinski definition) is 5. The highest BCUT2D eigenvalue weighted by Crippen LogP contribution is 2.30. The Morgan fingerprint density at radius 3 is 2.48 bits per heavy atom. The monoisotopic (exact) mass is 430 g/mol. The molecular weight excluding hydrogens is 417 g/mol. The highest BCUT2D eigenvalue weighted by Gasteiger charge is 2.32. The third kappa shape index (κ3) is 4.47. The summed E-state index contributed by atoms with van der Waals surface area (Å²) in [5.41, 5.74) is 0.558. The fourth-order valence-electron chi connectivity index (χ4n) is 2.79. The van der Waals surface area contributed by atoms with Gasteiger partial charge in [0, 0.05) is 0 Å². The smallest absolute Gasteiger partial charge is 0.404 e. The number of carbonyl (C=O) groups is 2. The molecule has 0 unspecified atom stereocenters. The van der Waals surface area contributed by atoms with Gasteiger partial charge in [-0.25, -0.2) is 9.97 Å². The number of carbonyl (C=O) groups excluding carboxylic acids is 2. The van der Waals surface area contributed by atoms with Crippen LogP contribution >= 0.6 is 0 Å². The van der Waals surface area contributed by atoms with Crippen LogP contribution in [0.5, 0.6) is 5.75 Å². The summed E-state index contributed by atoms with van der Waals surface area (Å²) in [6, 6.07) is 12.1. The summed E-state index contributed by atoms with van der Waals surface area (Å²) >= 11 is 0. The van der Waals surface area contributed by atoms with E-state index in [1.807, 2.05) is 0 Å². The van der Waals surface area contributed by atoms with Gasteiger partial charge in [0.1, 0.15) is 5.69 Å². The molecule has 0 atom stereocenters. The van der Waals surface area contributed by atoms with Crippen molar-refractivity contribution >= 4 is 34.5 Å². The molecule has 158 valence electrons. The van der Waals surface area contributed by atoms with Crippen LogP contribution in [0.4, 0.5) is 24.8 Å². The predicted molar refractivity (Wildman–Crippen MR) is 104 cm³/mol. The Morgan fingerprint density at radius 1 is 0.968 bits per heavy atom. The maximum absolute atomic E-state index is 12.6. The molecule has 4 aromatic rings. The standard InChI is InChI=1S/C19H13F3N6O3/c20-19(21,22)31-13-8-4-3-7-12(13)25-16(29)14-15(24-9-23-14)17(30)28-18-26-10-5-1-2-6-11(10)27-18/h1-9H,(H,23,24)(H,25,29)(H2,26,27,28,30). The van der Waals surface area contributed by atoms with Crippen LogP contribution in [0.15, 0.2) is 54.9 Å². The number of benzene rings is 2. The van der Waals surface area contributed by atoms with Crippen molar-refractivity contribution < 1.29 is 27.5 Å².